The van der Waals surface area contributed by atoms with Crippen molar-refractivity contribution in [3.8, 4) is 11.3 Å². The summed E-state index contributed by atoms with van der Waals surface area (Å²) < 4.78 is 10.6. The maximum Gasteiger partial charge on any atom is 0.263 e. The molecule has 1 aromatic carbocycles. The van der Waals surface area contributed by atoms with Crippen LogP contribution >= 0.6 is 11.6 Å². The second kappa shape index (κ2) is 5.73. The van der Waals surface area contributed by atoms with E-state index in [0.29, 0.717) is 28.8 Å². The number of furan rings is 1. The van der Waals surface area contributed by atoms with Crippen molar-refractivity contribution in [1.29, 1.82) is 0 Å². The van der Waals surface area contributed by atoms with Gasteiger partial charge in [-0.15, -0.1) is 0 Å². The van der Waals surface area contributed by atoms with Crippen molar-refractivity contribution in [3.05, 3.63) is 59.8 Å². The molecule has 0 atom stereocenters. The molecule has 7 heteroatoms. The van der Waals surface area contributed by atoms with E-state index in [4.69, 9.17) is 20.5 Å². The molecule has 0 fully saturated rings. The summed E-state index contributed by atoms with van der Waals surface area (Å²) in [6, 6.07) is 11.1. The quantitative estimate of drug-likeness (QED) is 0.607. The first-order valence-electron chi connectivity index (χ1n) is 6.94. The molecule has 0 bridgehead atoms. The monoisotopic (exact) mass is 326 g/mol. The van der Waals surface area contributed by atoms with E-state index in [9.17, 15) is 0 Å². The molecule has 0 saturated heterocycles. The van der Waals surface area contributed by atoms with Crippen molar-refractivity contribution < 1.29 is 8.94 Å². The van der Waals surface area contributed by atoms with Gasteiger partial charge in [-0.3, -0.25) is 0 Å². The fourth-order valence-electron chi connectivity index (χ4n) is 2.31. The molecule has 4 rings (SSSR count). The van der Waals surface area contributed by atoms with Gasteiger partial charge >= 0.3 is 0 Å². The van der Waals surface area contributed by atoms with Crippen LogP contribution in [0.15, 0.2) is 57.9 Å². The summed E-state index contributed by atoms with van der Waals surface area (Å²) in [5.74, 6) is 1.44. The van der Waals surface area contributed by atoms with Crippen molar-refractivity contribution in [3.63, 3.8) is 0 Å². The van der Waals surface area contributed by atoms with Crippen LogP contribution in [-0.4, -0.2) is 15.1 Å². The van der Waals surface area contributed by atoms with Gasteiger partial charge in [-0.1, -0.05) is 28.9 Å². The Hall–Kier alpha value is -2.86. The molecular formula is C16H11ClN4O2. The van der Waals surface area contributed by atoms with Gasteiger partial charge in [0, 0.05) is 10.6 Å². The Bertz CT molecular complexity index is 933. The average molecular weight is 327 g/mol. The van der Waals surface area contributed by atoms with Gasteiger partial charge in [0.15, 0.2) is 0 Å². The van der Waals surface area contributed by atoms with E-state index in [1.54, 1.807) is 18.4 Å². The standard InChI is InChI=1S/C16H11ClN4O2/c17-11-5-3-10(4-6-11)14-13-15(18-8-12-2-1-7-22-12)19-9-20-16(13)23-21-14/h1-7,9H,8H2,(H,18,19,20). The molecule has 0 aliphatic heterocycles. The van der Waals surface area contributed by atoms with Crippen LogP contribution in [0, 0.1) is 0 Å². The highest BCUT2D eigenvalue weighted by Gasteiger charge is 2.16. The van der Waals surface area contributed by atoms with E-state index >= 15 is 0 Å². The molecule has 23 heavy (non-hydrogen) atoms. The molecule has 4 aromatic rings. The number of nitrogens with zero attached hydrogens (tertiary/aromatic N) is 3. The third kappa shape index (κ3) is 2.64. The summed E-state index contributed by atoms with van der Waals surface area (Å²) >= 11 is 5.94. The van der Waals surface area contributed by atoms with Gasteiger partial charge in [0.2, 0.25) is 0 Å². The van der Waals surface area contributed by atoms with Crippen molar-refractivity contribution in [2.45, 2.75) is 6.54 Å². The first-order chi connectivity index (χ1) is 11.3. The molecule has 0 spiro atoms. The number of rotatable bonds is 4. The van der Waals surface area contributed by atoms with Crippen LogP contribution in [0.4, 0.5) is 5.82 Å². The highest BCUT2D eigenvalue weighted by atomic mass is 35.5. The number of benzene rings is 1. The maximum atomic E-state index is 5.94. The van der Waals surface area contributed by atoms with Gasteiger partial charge in [0.25, 0.3) is 5.71 Å². The molecule has 114 valence electrons. The van der Waals surface area contributed by atoms with Gasteiger partial charge in [0.1, 0.15) is 29.0 Å². The minimum atomic E-state index is 0.423. The van der Waals surface area contributed by atoms with Gasteiger partial charge in [0.05, 0.1) is 12.8 Å². The molecule has 3 heterocycles. The van der Waals surface area contributed by atoms with Crippen LogP contribution in [-0.2, 0) is 6.54 Å². The number of anilines is 1. The minimum absolute atomic E-state index is 0.423. The molecule has 0 radical (unpaired) electrons. The van der Waals surface area contributed by atoms with Crippen molar-refractivity contribution in [2.75, 3.05) is 5.32 Å². The fourth-order valence-corrected chi connectivity index (χ4v) is 2.44. The van der Waals surface area contributed by atoms with E-state index in [-0.39, 0.29) is 0 Å². The van der Waals surface area contributed by atoms with E-state index < -0.39 is 0 Å². The van der Waals surface area contributed by atoms with Gasteiger partial charge in [-0.25, -0.2) is 4.98 Å². The lowest BCUT2D eigenvalue weighted by Crippen LogP contribution is -2.01. The van der Waals surface area contributed by atoms with Crippen LogP contribution in [0.2, 0.25) is 5.02 Å². The fraction of sp³-hybridized carbons (Fsp3) is 0.0625. The van der Waals surface area contributed by atoms with E-state index in [1.807, 2.05) is 24.3 Å². The Balaban J connectivity index is 1.75. The van der Waals surface area contributed by atoms with Crippen molar-refractivity contribution in [2.24, 2.45) is 0 Å². The summed E-state index contributed by atoms with van der Waals surface area (Å²) in [5.41, 5.74) is 1.97. The zero-order valence-corrected chi connectivity index (χ0v) is 12.6. The van der Waals surface area contributed by atoms with Crippen molar-refractivity contribution >= 4 is 28.5 Å². The SMILES string of the molecule is Clc1ccc(-c2noc3ncnc(NCc4ccco4)c23)cc1. The molecule has 6 nitrogen and oxygen atoms in total. The van der Waals surface area contributed by atoms with E-state index in [2.05, 4.69) is 20.4 Å². The Kier molecular flexibility index (Phi) is 3.44. The summed E-state index contributed by atoms with van der Waals surface area (Å²) in [5, 5.41) is 8.73. The summed E-state index contributed by atoms with van der Waals surface area (Å²) in [7, 11) is 0. The van der Waals surface area contributed by atoms with E-state index in [1.165, 1.54) is 6.33 Å². The zero-order chi connectivity index (χ0) is 15.6. The highest BCUT2D eigenvalue weighted by molar-refractivity contribution is 6.30. The third-order valence-corrected chi connectivity index (χ3v) is 3.65. The van der Waals surface area contributed by atoms with Crippen LogP contribution in [0.5, 0.6) is 0 Å². The third-order valence-electron chi connectivity index (χ3n) is 3.40. The molecule has 0 saturated carbocycles. The van der Waals surface area contributed by atoms with Crippen LogP contribution < -0.4 is 5.32 Å². The largest absolute Gasteiger partial charge is 0.467 e. The molecule has 1 N–H and O–H groups in total. The number of halogens is 1. The van der Waals surface area contributed by atoms with Crippen LogP contribution in [0.25, 0.3) is 22.4 Å². The molecule has 3 aromatic heterocycles. The Morgan fingerprint density at radius 2 is 1.96 bits per heavy atom. The number of nitrogens with one attached hydrogen (secondary N) is 1. The second-order valence-corrected chi connectivity index (χ2v) is 5.31. The molecular weight excluding hydrogens is 316 g/mol. The number of hydrogen-bond donors (Lipinski definition) is 1. The molecule has 0 aliphatic rings. The molecule has 0 amide bonds. The van der Waals surface area contributed by atoms with E-state index in [0.717, 1.165) is 16.7 Å². The Labute approximate surface area is 136 Å². The molecule has 0 unspecified atom stereocenters. The van der Waals surface area contributed by atoms with Gasteiger partial charge in [-0.2, -0.15) is 4.98 Å². The number of aromatic nitrogens is 3. The Morgan fingerprint density at radius 1 is 1.09 bits per heavy atom. The zero-order valence-electron chi connectivity index (χ0n) is 11.9. The average Bonchev–Trinajstić information content (AvgIpc) is 3.23. The predicted octanol–water partition coefficient (Wildman–Crippen LogP) is 4.14. The molecule has 0 aliphatic carbocycles. The predicted molar refractivity (Wildman–Crippen MR) is 86.1 cm³/mol. The first-order valence-corrected chi connectivity index (χ1v) is 7.31. The van der Waals surface area contributed by atoms with Crippen LogP contribution in [0.3, 0.4) is 0 Å². The Morgan fingerprint density at radius 3 is 2.74 bits per heavy atom. The highest BCUT2D eigenvalue weighted by Crippen LogP contribution is 2.31. The normalized spacial score (nSPS) is 11.0. The topological polar surface area (TPSA) is 77.0 Å². The lowest BCUT2D eigenvalue weighted by atomic mass is 10.1. The second-order valence-electron chi connectivity index (χ2n) is 4.87. The lowest BCUT2D eigenvalue weighted by Gasteiger charge is -2.05. The van der Waals surface area contributed by atoms with Gasteiger partial charge < -0.3 is 14.3 Å². The van der Waals surface area contributed by atoms with Gasteiger partial charge in [-0.05, 0) is 24.3 Å². The number of fused-ring (bicyclic) bond motifs is 1. The summed E-state index contributed by atoms with van der Waals surface area (Å²) in [4.78, 5) is 8.41. The first kappa shape index (κ1) is 13.8. The van der Waals surface area contributed by atoms with Crippen molar-refractivity contribution in [1.82, 2.24) is 15.1 Å². The summed E-state index contributed by atoms with van der Waals surface area (Å²) in [6.07, 6.45) is 3.06. The lowest BCUT2D eigenvalue weighted by molar-refractivity contribution is 0.451. The maximum absolute atomic E-state index is 5.94. The number of hydrogen-bond acceptors (Lipinski definition) is 6. The summed E-state index contributed by atoms with van der Waals surface area (Å²) in [6.45, 7) is 0.504. The smallest absolute Gasteiger partial charge is 0.263 e. The van der Waals surface area contributed by atoms with Crippen LogP contribution in [0.1, 0.15) is 5.76 Å². The minimum Gasteiger partial charge on any atom is -0.467 e.